The van der Waals surface area contributed by atoms with Crippen LogP contribution in [-0.4, -0.2) is 85.3 Å². The molecule has 0 aliphatic heterocycles. The van der Waals surface area contributed by atoms with Crippen molar-refractivity contribution in [1.29, 1.82) is 0 Å². The maximum atomic E-state index is 6.15. The second-order valence-corrected chi connectivity index (χ2v) is 32.7. The SMILES string of the molecule is COc1ccc(N(c2ccc(OC)cc2)c2ccc(-c3cc4c(s3)-c3sc(-c5ccc(N(c6ccc(OC)cc6)c6ccc(OC)cc6)cc5)cc3C43c4cc(-c5ccc(N(c6c(OC)cccc6OC)c6c(OC)cccc6OC)cc5)sc4-c4sc(-c5ccc(N(c6c(OC)cccc6OC)c6c(OC)cccc6OC)cc5)cc43)cc2)cc1. The highest BCUT2D eigenvalue weighted by Gasteiger charge is 2.56. The molecule has 16 nitrogen and oxygen atoms in total. The minimum Gasteiger partial charge on any atom is -0.497 e. The number of nitrogens with zero attached hydrogens (tertiary/aromatic N) is 4. The zero-order valence-corrected chi connectivity index (χ0v) is 71.8. The molecule has 1 spiro atoms. The van der Waals surface area contributed by atoms with Gasteiger partial charge in [-0.05, 0) is 263 Å². The third-order valence-electron chi connectivity index (χ3n) is 22.4. The third-order valence-corrected chi connectivity index (χ3v) is 27.5. The predicted octanol–water partition coefficient (Wildman–Crippen LogP) is 26.9. The van der Waals surface area contributed by atoms with Crippen molar-refractivity contribution < 1.29 is 56.8 Å². The Labute approximate surface area is 719 Å². The maximum absolute atomic E-state index is 6.15. The van der Waals surface area contributed by atoms with Gasteiger partial charge in [0.1, 0.15) is 91.7 Å². The van der Waals surface area contributed by atoms with Gasteiger partial charge in [-0.3, -0.25) is 9.80 Å². The number of hydrogen-bond donors (Lipinski definition) is 0. The summed E-state index contributed by atoms with van der Waals surface area (Å²) < 4.78 is 71.8. The monoisotopic (exact) mass is 1670 g/mol. The molecule has 0 fully saturated rings. The summed E-state index contributed by atoms with van der Waals surface area (Å²) in [6.45, 7) is 0. The molecule has 0 amide bonds. The molecule has 604 valence electrons. The Morgan fingerprint density at radius 1 is 0.190 bits per heavy atom. The molecule has 4 heterocycles. The summed E-state index contributed by atoms with van der Waals surface area (Å²) in [4.78, 5) is 18.1. The van der Waals surface area contributed by atoms with E-state index in [1.807, 2.05) is 167 Å². The van der Waals surface area contributed by atoms with Gasteiger partial charge in [0.05, 0.1) is 110 Å². The molecule has 0 atom stereocenters. The van der Waals surface area contributed by atoms with Crippen LogP contribution >= 0.6 is 45.3 Å². The van der Waals surface area contributed by atoms with Crippen molar-refractivity contribution in [3.63, 3.8) is 0 Å². The Morgan fingerprint density at radius 2 is 0.355 bits per heavy atom. The van der Waals surface area contributed by atoms with Gasteiger partial charge in [0.2, 0.25) is 0 Å². The van der Waals surface area contributed by atoms with E-state index in [1.54, 1.807) is 85.3 Å². The van der Waals surface area contributed by atoms with Crippen LogP contribution in [0.25, 0.3) is 61.3 Å². The number of benzene rings is 12. The number of para-hydroxylation sites is 4. The smallest absolute Gasteiger partial charge is 0.146 e. The lowest BCUT2D eigenvalue weighted by molar-refractivity contribution is 0.390. The third kappa shape index (κ3) is 13.7. The minimum atomic E-state index is -0.795. The molecule has 18 rings (SSSR count). The number of fused-ring (bicyclic) bond motifs is 10. The second-order valence-electron chi connectivity index (χ2n) is 28.5. The number of rotatable bonds is 28. The molecule has 0 unspecified atom stereocenters. The molecule has 0 bridgehead atoms. The van der Waals surface area contributed by atoms with E-state index in [1.165, 1.54) is 41.8 Å². The molecule has 20 heteroatoms. The fourth-order valence-electron chi connectivity index (χ4n) is 16.7. The summed E-state index contributed by atoms with van der Waals surface area (Å²) in [6, 6.07) is 101. The largest absolute Gasteiger partial charge is 0.497 e. The highest BCUT2D eigenvalue weighted by Crippen LogP contribution is 2.71. The first-order chi connectivity index (χ1) is 59.4. The van der Waals surface area contributed by atoms with Crippen LogP contribution in [0.1, 0.15) is 22.3 Å². The van der Waals surface area contributed by atoms with E-state index in [0.29, 0.717) is 68.7 Å². The fourth-order valence-corrected chi connectivity index (χ4v) is 21.9. The van der Waals surface area contributed by atoms with Crippen LogP contribution in [0.2, 0.25) is 0 Å². The maximum Gasteiger partial charge on any atom is 0.146 e. The van der Waals surface area contributed by atoms with Gasteiger partial charge < -0.3 is 66.6 Å². The van der Waals surface area contributed by atoms with Gasteiger partial charge in [-0.25, -0.2) is 0 Å². The highest BCUT2D eigenvalue weighted by atomic mass is 32.1. The number of anilines is 12. The Bertz CT molecular complexity index is 5760. The van der Waals surface area contributed by atoms with Crippen molar-refractivity contribution in [1.82, 2.24) is 0 Å². The van der Waals surface area contributed by atoms with Crippen LogP contribution in [0.15, 0.2) is 291 Å². The molecule has 12 aromatic carbocycles. The second kappa shape index (κ2) is 33.2. The van der Waals surface area contributed by atoms with Crippen molar-refractivity contribution in [2.75, 3.05) is 105 Å². The average Bonchev–Trinajstić information content (AvgIpc) is 1.49. The zero-order chi connectivity index (χ0) is 83.2. The highest BCUT2D eigenvalue weighted by molar-refractivity contribution is 7.27. The van der Waals surface area contributed by atoms with Gasteiger partial charge in [0.25, 0.3) is 0 Å². The Morgan fingerprint density at radius 3 is 0.521 bits per heavy atom. The molecule has 2 aliphatic carbocycles. The molecular weight excluding hydrogens is 1590 g/mol. The summed E-state index contributed by atoms with van der Waals surface area (Å²) in [5.41, 5.74) is 18.7. The number of thiophene rings is 4. The fraction of sp³-hybridized carbons (Fsp3) is 0.129. The minimum absolute atomic E-state index is 0.599. The molecule has 2 aliphatic rings. The normalized spacial score (nSPS) is 11.9. The zero-order valence-electron chi connectivity index (χ0n) is 68.5. The van der Waals surface area contributed by atoms with E-state index in [9.17, 15) is 0 Å². The first-order valence-corrected chi connectivity index (χ1v) is 42.3. The van der Waals surface area contributed by atoms with Crippen LogP contribution in [0, 0.1) is 0 Å². The number of hydrogen-bond acceptors (Lipinski definition) is 20. The van der Waals surface area contributed by atoms with E-state index in [-0.39, 0.29) is 0 Å². The van der Waals surface area contributed by atoms with E-state index in [0.717, 1.165) is 110 Å². The molecular formula is C101H84N4O12S4. The van der Waals surface area contributed by atoms with E-state index in [2.05, 4.69) is 189 Å². The van der Waals surface area contributed by atoms with Gasteiger partial charge in [0, 0.05) is 65.0 Å². The first-order valence-electron chi connectivity index (χ1n) is 39.0. The lowest BCUT2D eigenvalue weighted by Crippen LogP contribution is -2.24. The van der Waals surface area contributed by atoms with E-state index < -0.39 is 5.41 Å². The summed E-state index contributed by atoms with van der Waals surface area (Å²) in [6.07, 6.45) is 0. The van der Waals surface area contributed by atoms with Gasteiger partial charge in [-0.15, -0.1) is 45.3 Å². The van der Waals surface area contributed by atoms with Crippen molar-refractivity contribution >= 4 is 114 Å². The van der Waals surface area contributed by atoms with Gasteiger partial charge in [-0.2, -0.15) is 0 Å². The number of ether oxygens (including phenoxy) is 12. The quantitative estimate of drug-likeness (QED) is 0.0462. The molecule has 0 saturated heterocycles. The predicted molar refractivity (Wildman–Crippen MR) is 493 cm³/mol. The standard InChI is InChI=1S/C101H84N4O12S4/c1-106-73-49-41-67(42-50-73)102(68-43-51-74(107-2)52-44-68)65-33-25-61(26-34-65)89-57-77-97(118-89)98-78(58-90(119-98)62-27-35-66(36-28-62)103(69-45-53-75(108-3)54-46-69)70-47-55-76(109-4)56-48-70)101(77)79-59-91(63-29-37-71(38-30-63)104(93-81(110-5)17-13-18-82(93)111-6)94-83(112-7)19-14-20-84(94)113-8)120-99(79)100-80(101)60-92(121-100)64-31-39-72(40-32-64)105(95-85(114-9)21-15-22-86(95)115-10)96-87(116-11)23-16-24-88(96)117-12/h13-60H,1-12H3. The van der Waals surface area contributed by atoms with Crippen molar-refractivity contribution in [2.45, 2.75) is 5.41 Å². The van der Waals surface area contributed by atoms with Crippen LogP contribution in [0.4, 0.5) is 68.2 Å². The molecule has 0 saturated carbocycles. The molecule has 16 aromatic rings. The van der Waals surface area contributed by atoms with Crippen LogP contribution in [0.5, 0.6) is 69.0 Å². The summed E-state index contributed by atoms with van der Waals surface area (Å²) in [5.74, 6) is 7.90. The van der Waals surface area contributed by atoms with Gasteiger partial charge in [-0.1, -0.05) is 72.8 Å². The topological polar surface area (TPSA) is 124 Å². The van der Waals surface area contributed by atoms with Gasteiger partial charge >= 0.3 is 0 Å². The number of methoxy groups -OCH3 is 12. The first kappa shape index (κ1) is 78.4. The summed E-state index contributed by atoms with van der Waals surface area (Å²) in [5, 5.41) is 0. The van der Waals surface area contributed by atoms with E-state index >= 15 is 0 Å². The van der Waals surface area contributed by atoms with E-state index in [4.69, 9.17) is 56.8 Å². The van der Waals surface area contributed by atoms with Crippen LogP contribution in [0.3, 0.4) is 0 Å². The summed E-state index contributed by atoms with van der Waals surface area (Å²) in [7, 11) is 20.1. The molecule has 0 N–H and O–H groups in total. The lowest BCUT2D eigenvalue weighted by atomic mass is 9.72. The Balaban J connectivity index is 0.831. The Kier molecular flexibility index (Phi) is 21.5. The molecule has 0 radical (unpaired) electrons. The average molecular weight is 1670 g/mol. The molecule has 121 heavy (non-hydrogen) atoms. The van der Waals surface area contributed by atoms with Crippen LogP contribution in [-0.2, 0) is 5.41 Å². The summed E-state index contributed by atoms with van der Waals surface area (Å²) >= 11 is 7.38. The molecule has 4 aromatic heterocycles. The Hall–Kier alpha value is -13.8. The van der Waals surface area contributed by atoms with Crippen molar-refractivity contribution in [3.05, 3.63) is 313 Å². The van der Waals surface area contributed by atoms with Crippen molar-refractivity contribution in [2.24, 2.45) is 0 Å². The van der Waals surface area contributed by atoms with Crippen LogP contribution < -0.4 is 76.4 Å². The van der Waals surface area contributed by atoms with Gasteiger partial charge in [0.15, 0.2) is 0 Å². The lowest BCUT2D eigenvalue weighted by Gasteiger charge is -2.30. The van der Waals surface area contributed by atoms with Crippen molar-refractivity contribution in [3.8, 4) is 130 Å².